The third kappa shape index (κ3) is 3.12. The lowest BCUT2D eigenvalue weighted by Crippen LogP contribution is -2.38. The van der Waals surface area contributed by atoms with Gasteiger partial charge in [-0.3, -0.25) is 0 Å². The lowest BCUT2D eigenvalue weighted by atomic mass is 9.66. The minimum Gasteiger partial charge on any atom is -0.395 e. The molecule has 0 radical (unpaired) electrons. The third-order valence-electron chi connectivity index (χ3n) is 7.44. The smallest absolute Gasteiger partial charge is 0.258 e. The fraction of sp³-hybridized carbons (Fsp3) is 0.375. The van der Waals surface area contributed by atoms with E-state index in [-0.39, 0.29) is 40.8 Å². The SMILES string of the molecule is CC1(C)[C@H]2CC[C@]1(c1cccc(S(=O)(=O)NCCO)n1)c1nnc(-c3c(F)cccc3F)cc12. The molecule has 34 heavy (non-hydrogen) atoms. The maximum atomic E-state index is 14.4. The number of rotatable bonds is 6. The summed E-state index contributed by atoms with van der Waals surface area (Å²) in [5.74, 6) is -1.37. The van der Waals surface area contributed by atoms with E-state index in [1.165, 1.54) is 24.3 Å². The van der Waals surface area contributed by atoms with E-state index in [1.807, 2.05) is 0 Å². The van der Waals surface area contributed by atoms with E-state index in [4.69, 9.17) is 5.11 Å². The predicted octanol–water partition coefficient (Wildman–Crippen LogP) is 3.29. The van der Waals surface area contributed by atoms with Gasteiger partial charge < -0.3 is 5.11 Å². The number of nitrogens with one attached hydrogen (secondary N) is 1. The standard InChI is InChI=1S/C24H24F2N4O3S/c1-23(2)15-9-10-24(23,19-7-4-8-20(28-19)34(32,33)27-11-12-31)22-14(15)13-18(29-30-22)21-16(25)5-3-6-17(21)26/h3-8,13,15,27,31H,9-12H2,1-2H3/t15-,24-/m0/s1. The van der Waals surface area contributed by atoms with Gasteiger partial charge in [0.25, 0.3) is 10.0 Å². The van der Waals surface area contributed by atoms with E-state index in [0.29, 0.717) is 17.8 Å². The van der Waals surface area contributed by atoms with Crippen LogP contribution in [0.25, 0.3) is 11.3 Å². The number of nitrogens with zero attached hydrogens (tertiary/aromatic N) is 3. The fourth-order valence-corrected chi connectivity index (χ4v) is 6.80. The van der Waals surface area contributed by atoms with E-state index < -0.39 is 27.1 Å². The van der Waals surface area contributed by atoms with Crippen molar-refractivity contribution in [3.05, 3.63) is 71.1 Å². The van der Waals surface area contributed by atoms with Gasteiger partial charge in [0.15, 0.2) is 5.03 Å². The van der Waals surface area contributed by atoms with Crippen molar-refractivity contribution in [2.45, 2.75) is 43.0 Å². The van der Waals surface area contributed by atoms with Gasteiger partial charge in [-0.2, -0.15) is 5.10 Å². The number of aliphatic hydroxyl groups is 1. The van der Waals surface area contributed by atoms with Crippen LogP contribution in [0.1, 0.15) is 49.6 Å². The molecule has 2 aliphatic rings. The van der Waals surface area contributed by atoms with E-state index in [2.05, 4.69) is 33.8 Å². The highest BCUT2D eigenvalue weighted by atomic mass is 32.2. The zero-order valence-corrected chi connectivity index (χ0v) is 19.5. The molecule has 1 saturated carbocycles. The highest BCUT2D eigenvalue weighted by Crippen LogP contribution is 2.69. The number of aliphatic hydroxyl groups excluding tert-OH is 1. The van der Waals surface area contributed by atoms with Crippen molar-refractivity contribution in [2.24, 2.45) is 5.41 Å². The molecule has 0 spiro atoms. The second-order valence-corrected chi connectivity index (χ2v) is 11.0. The summed E-state index contributed by atoms with van der Waals surface area (Å²) in [5, 5.41) is 17.5. The molecule has 2 bridgehead atoms. The van der Waals surface area contributed by atoms with Crippen LogP contribution in [0.4, 0.5) is 8.78 Å². The number of aromatic nitrogens is 3. The zero-order chi connectivity index (χ0) is 24.3. The fourth-order valence-electron chi connectivity index (χ4n) is 5.81. The number of halogens is 2. The minimum absolute atomic E-state index is 0.0427. The molecule has 7 nitrogen and oxygen atoms in total. The van der Waals surface area contributed by atoms with Crippen LogP contribution in [0.2, 0.25) is 0 Å². The van der Waals surface area contributed by atoms with Crippen LogP contribution in [0, 0.1) is 17.0 Å². The van der Waals surface area contributed by atoms with Gasteiger partial charge in [0.2, 0.25) is 0 Å². The Labute approximate surface area is 196 Å². The molecule has 1 fully saturated rings. The van der Waals surface area contributed by atoms with Crippen molar-refractivity contribution in [3.63, 3.8) is 0 Å². The number of hydrogen-bond donors (Lipinski definition) is 2. The Balaban J connectivity index is 1.66. The maximum Gasteiger partial charge on any atom is 0.258 e. The summed E-state index contributed by atoms with van der Waals surface area (Å²) in [6, 6.07) is 10.2. The third-order valence-corrected chi connectivity index (χ3v) is 8.80. The summed E-state index contributed by atoms with van der Waals surface area (Å²) in [6.07, 6.45) is 1.49. The first kappa shape index (κ1) is 22.9. The van der Waals surface area contributed by atoms with E-state index in [1.54, 1.807) is 18.2 Å². The van der Waals surface area contributed by atoms with Crippen LogP contribution in [0.15, 0.2) is 47.5 Å². The molecule has 2 aromatic heterocycles. The van der Waals surface area contributed by atoms with Gasteiger partial charge in [-0.1, -0.05) is 26.0 Å². The average molecular weight is 487 g/mol. The van der Waals surface area contributed by atoms with Crippen LogP contribution in [-0.2, 0) is 15.4 Å². The summed E-state index contributed by atoms with van der Waals surface area (Å²) >= 11 is 0. The maximum absolute atomic E-state index is 14.4. The van der Waals surface area contributed by atoms with Crippen molar-refractivity contribution in [1.29, 1.82) is 0 Å². The molecule has 2 atom stereocenters. The average Bonchev–Trinajstić information content (AvgIpc) is 3.19. The normalized spacial score (nSPS) is 22.7. The van der Waals surface area contributed by atoms with E-state index >= 15 is 0 Å². The second-order valence-electron chi connectivity index (χ2n) is 9.33. The van der Waals surface area contributed by atoms with Crippen LogP contribution in [0.5, 0.6) is 0 Å². The molecule has 2 aliphatic carbocycles. The van der Waals surface area contributed by atoms with Crippen LogP contribution in [-0.4, -0.2) is 41.9 Å². The predicted molar refractivity (Wildman–Crippen MR) is 120 cm³/mol. The Hall–Kier alpha value is -2.82. The molecule has 1 aromatic carbocycles. The van der Waals surface area contributed by atoms with Crippen LogP contribution in [0.3, 0.4) is 0 Å². The summed E-state index contributed by atoms with van der Waals surface area (Å²) < 4.78 is 56.5. The van der Waals surface area contributed by atoms with Crippen LogP contribution >= 0.6 is 0 Å². The minimum atomic E-state index is -3.90. The Morgan fingerprint density at radius 2 is 1.82 bits per heavy atom. The molecule has 2 N–H and O–H groups in total. The number of sulfonamides is 1. The molecule has 0 unspecified atom stereocenters. The van der Waals surface area contributed by atoms with Crippen molar-refractivity contribution >= 4 is 10.0 Å². The summed E-state index contributed by atoms with van der Waals surface area (Å²) in [6.45, 7) is 3.73. The van der Waals surface area contributed by atoms with Crippen molar-refractivity contribution in [1.82, 2.24) is 19.9 Å². The lowest BCUT2D eigenvalue weighted by molar-refractivity contribution is 0.242. The molecular weight excluding hydrogens is 462 g/mol. The first-order valence-corrected chi connectivity index (χ1v) is 12.5. The molecular formula is C24H24F2N4O3S. The second kappa shape index (κ2) is 7.86. The van der Waals surface area contributed by atoms with E-state index in [9.17, 15) is 17.2 Å². The number of fused-ring (bicyclic) bond motifs is 5. The summed E-state index contributed by atoms with van der Waals surface area (Å²) in [4.78, 5) is 4.53. The van der Waals surface area contributed by atoms with Gasteiger partial charge in [0, 0.05) is 6.54 Å². The molecule has 3 aromatic rings. The van der Waals surface area contributed by atoms with Gasteiger partial charge >= 0.3 is 0 Å². The first-order valence-electron chi connectivity index (χ1n) is 11.0. The summed E-state index contributed by atoms with van der Waals surface area (Å²) in [5.41, 5.74) is 0.916. The molecule has 2 heterocycles. The largest absolute Gasteiger partial charge is 0.395 e. The highest BCUT2D eigenvalue weighted by Gasteiger charge is 2.65. The number of hydrogen-bond acceptors (Lipinski definition) is 6. The molecule has 0 amide bonds. The monoisotopic (exact) mass is 486 g/mol. The first-order chi connectivity index (χ1) is 16.1. The van der Waals surface area contributed by atoms with Gasteiger partial charge in [-0.05, 0) is 60.1 Å². The Kier molecular flexibility index (Phi) is 5.30. The quantitative estimate of drug-likeness (QED) is 0.554. The molecule has 178 valence electrons. The van der Waals surface area contributed by atoms with Gasteiger partial charge in [-0.15, -0.1) is 5.10 Å². The Morgan fingerprint density at radius 1 is 1.12 bits per heavy atom. The molecule has 10 heteroatoms. The topological polar surface area (TPSA) is 105 Å². The van der Waals surface area contributed by atoms with Gasteiger partial charge in [-0.25, -0.2) is 26.9 Å². The van der Waals surface area contributed by atoms with E-state index in [0.717, 1.165) is 12.0 Å². The zero-order valence-electron chi connectivity index (χ0n) is 18.7. The van der Waals surface area contributed by atoms with Crippen LogP contribution < -0.4 is 4.72 Å². The van der Waals surface area contributed by atoms with Gasteiger partial charge in [0.05, 0.1) is 34.7 Å². The number of pyridine rings is 1. The molecule has 0 aliphatic heterocycles. The van der Waals surface area contributed by atoms with Crippen molar-refractivity contribution < 1.29 is 22.3 Å². The van der Waals surface area contributed by atoms with Crippen molar-refractivity contribution in [3.8, 4) is 11.3 Å². The molecule has 0 saturated heterocycles. The van der Waals surface area contributed by atoms with Crippen molar-refractivity contribution in [2.75, 3.05) is 13.2 Å². The Bertz CT molecular complexity index is 1380. The Morgan fingerprint density at radius 3 is 2.53 bits per heavy atom. The number of benzene rings is 1. The summed E-state index contributed by atoms with van der Waals surface area (Å²) in [7, 11) is -3.90. The molecule has 5 rings (SSSR count). The lowest BCUT2D eigenvalue weighted by Gasteiger charge is -2.37. The van der Waals surface area contributed by atoms with Gasteiger partial charge in [0.1, 0.15) is 11.6 Å². The highest BCUT2D eigenvalue weighted by molar-refractivity contribution is 7.89.